The highest BCUT2D eigenvalue weighted by atomic mass is 79.9. The predicted octanol–water partition coefficient (Wildman–Crippen LogP) is 3.65. The minimum atomic E-state index is 0.597. The van der Waals surface area contributed by atoms with Crippen molar-refractivity contribution >= 4 is 21.6 Å². The highest BCUT2D eigenvalue weighted by Gasteiger charge is 2.25. The van der Waals surface area contributed by atoms with Crippen molar-refractivity contribution in [1.82, 2.24) is 4.90 Å². The van der Waals surface area contributed by atoms with Crippen molar-refractivity contribution in [3.05, 3.63) is 28.2 Å². The third kappa shape index (κ3) is 3.71. The number of nitrogens with two attached hydrogens (primary N) is 1. The van der Waals surface area contributed by atoms with Crippen LogP contribution in [0.5, 0.6) is 0 Å². The van der Waals surface area contributed by atoms with Crippen LogP contribution in [0.4, 0.5) is 5.69 Å². The summed E-state index contributed by atoms with van der Waals surface area (Å²) in [6.45, 7) is 6.78. The summed E-state index contributed by atoms with van der Waals surface area (Å²) in [4.78, 5) is 2.55. The first-order chi connectivity index (χ1) is 8.06. The van der Waals surface area contributed by atoms with E-state index in [2.05, 4.69) is 40.7 Å². The van der Waals surface area contributed by atoms with Gasteiger partial charge in [0.2, 0.25) is 0 Å². The second kappa shape index (κ2) is 5.40. The van der Waals surface area contributed by atoms with Crippen molar-refractivity contribution in [2.75, 3.05) is 12.3 Å². The summed E-state index contributed by atoms with van der Waals surface area (Å²) in [7, 11) is 0. The molecule has 1 aliphatic carbocycles. The second-order valence-electron chi connectivity index (χ2n) is 5.32. The molecule has 0 atom stereocenters. The van der Waals surface area contributed by atoms with Crippen LogP contribution in [0.15, 0.2) is 22.7 Å². The van der Waals surface area contributed by atoms with E-state index in [1.165, 1.54) is 24.9 Å². The van der Waals surface area contributed by atoms with Gasteiger partial charge in [0.05, 0.1) is 0 Å². The Hall–Kier alpha value is -0.540. The number of halogens is 1. The van der Waals surface area contributed by atoms with Crippen LogP contribution in [-0.4, -0.2) is 17.5 Å². The molecule has 2 rings (SSSR count). The van der Waals surface area contributed by atoms with E-state index in [0.717, 1.165) is 22.6 Å². The van der Waals surface area contributed by atoms with Crippen molar-refractivity contribution in [3.8, 4) is 0 Å². The second-order valence-corrected chi connectivity index (χ2v) is 6.17. The highest BCUT2D eigenvalue weighted by molar-refractivity contribution is 9.10. The first kappa shape index (κ1) is 12.9. The molecule has 0 spiro atoms. The molecule has 1 saturated carbocycles. The molecule has 2 nitrogen and oxygen atoms in total. The molecule has 94 valence electrons. The van der Waals surface area contributed by atoms with Crippen molar-refractivity contribution in [2.24, 2.45) is 5.92 Å². The molecule has 0 heterocycles. The number of nitrogen functional groups attached to an aromatic ring is 1. The fourth-order valence-electron chi connectivity index (χ4n) is 2.00. The van der Waals surface area contributed by atoms with E-state index in [9.17, 15) is 0 Å². The molecule has 1 aromatic rings. The maximum Gasteiger partial charge on any atom is 0.0325 e. The molecular weight excluding hydrogens is 276 g/mol. The summed E-state index contributed by atoms with van der Waals surface area (Å²) < 4.78 is 1.12. The topological polar surface area (TPSA) is 29.3 Å². The molecule has 0 amide bonds. The normalized spacial score (nSPS) is 15.8. The zero-order valence-corrected chi connectivity index (χ0v) is 12.2. The van der Waals surface area contributed by atoms with Gasteiger partial charge >= 0.3 is 0 Å². The van der Waals surface area contributed by atoms with Gasteiger partial charge in [0.1, 0.15) is 0 Å². The van der Waals surface area contributed by atoms with Gasteiger partial charge in [0, 0.05) is 29.3 Å². The largest absolute Gasteiger partial charge is 0.399 e. The molecular formula is C14H21BrN2. The van der Waals surface area contributed by atoms with Gasteiger partial charge in [-0.25, -0.2) is 0 Å². The minimum Gasteiger partial charge on any atom is -0.399 e. The Balaban J connectivity index is 2.05. The lowest BCUT2D eigenvalue weighted by atomic mass is 10.1. The SMILES string of the molecule is CC(C)N(Cc1ccc(N)cc1Br)CC1CC1. The Kier molecular flexibility index (Phi) is 4.10. The average Bonchev–Trinajstić information content (AvgIpc) is 3.04. The molecule has 1 aromatic carbocycles. The van der Waals surface area contributed by atoms with Crippen LogP contribution in [0.25, 0.3) is 0 Å². The Morgan fingerprint density at radius 2 is 2.12 bits per heavy atom. The monoisotopic (exact) mass is 296 g/mol. The van der Waals surface area contributed by atoms with Gasteiger partial charge in [0.15, 0.2) is 0 Å². The van der Waals surface area contributed by atoms with Crippen molar-refractivity contribution in [2.45, 2.75) is 39.3 Å². The molecule has 0 radical (unpaired) electrons. The van der Waals surface area contributed by atoms with Gasteiger partial charge in [0.25, 0.3) is 0 Å². The Morgan fingerprint density at radius 1 is 1.41 bits per heavy atom. The summed E-state index contributed by atoms with van der Waals surface area (Å²) in [6.07, 6.45) is 2.82. The molecule has 0 unspecified atom stereocenters. The van der Waals surface area contributed by atoms with E-state index >= 15 is 0 Å². The van der Waals surface area contributed by atoms with E-state index in [1.54, 1.807) is 0 Å². The lowest BCUT2D eigenvalue weighted by Gasteiger charge is -2.27. The zero-order chi connectivity index (χ0) is 12.4. The molecule has 0 aliphatic heterocycles. The average molecular weight is 297 g/mol. The van der Waals surface area contributed by atoms with E-state index in [-0.39, 0.29) is 0 Å². The molecule has 17 heavy (non-hydrogen) atoms. The van der Waals surface area contributed by atoms with Crippen LogP contribution >= 0.6 is 15.9 Å². The predicted molar refractivity (Wildman–Crippen MR) is 76.8 cm³/mol. The molecule has 1 aliphatic rings. The van der Waals surface area contributed by atoms with E-state index < -0.39 is 0 Å². The van der Waals surface area contributed by atoms with E-state index in [4.69, 9.17) is 5.73 Å². The molecule has 0 bridgehead atoms. The standard InChI is InChI=1S/C14H21BrN2/c1-10(2)17(8-11-3-4-11)9-12-5-6-13(16)7-14(12)15/h5-7,10-11H,3-4,8-9,16H2,1-2H3. The van der Waals surface area contributed by atoms with Crippen LogP contribution in [-0.2, 0) is 6.54 Å². The lowest BCUT2D eigenvalue weighted by molar-refractivity contribution is 0.203. The third-order valence-corrected chi connectivity index (χ3v) is 4.11. The van der Waals surface area contributed by atoms with Crippen LogP contribution in [0.1, 0.15) is 32.3 Å². The number of benzene rings is 1. The van der Waals surface area contributed by atoms with Crippen LogP contribution < -0.4 is 5.73 Å². The maximum atomic E-state index is 5.77. The zero-order valence-electron chi connectivity index (χ0n) is 10.6. The molecule has 3 heteroatoms. The first-order valence-corrected chi connectivity index (χ1v) is 7.13. The third-order valence-electron chi connectivity index (χ3n) is 3.37. The van der Waals surface area contributed by atoms with Crippen LogP contribution in [0.3, 0.4) is 0 Å². The summed E-state index contributed by atoms with van der Waals surface area (Å²) in [5, 5.41) is 0. The number of anilines is 1. The minimum absolute atomic E-state index is 0.597. The van der Waals surface area contributed by atoms with E-state index in [1.807, 2.05) is 12.1 Å². The van der Waals surface area contributed by atoms with Gasteiger partial charge < -0.3 is 5.73 Å². The van der Waals surface area contributed by atoms with Gasteiger partial charge in [-0.3, -0.25) is 4.90 Å². The Morgan fingerprint density at radius 3 is 2.65 bits per heavy atom. The summed E-state index contributed by atoms with van der Waals surface area (Å²) >= 11 is 3.60. The lowest BCUT2D eigenvalue weighted by Crippen LogP contribution is -2.32. The number of rotatable bonds is 5. The fourth-order valence-corrected chi connectivity index (χ4v) is 2.52. The van der Waals surface area contributed by atoms with Crippen molar-refractivity contribution in [1.29, 1.82) is 0 Å². The highest BCUT2D eigenvalue weighted by Crippen LogP contribution is 2.31. The van der Waals surface area contributed by atoms with Crippen molar-refractivity contribution in [3.63, 3.8) is 0 Å². The van der Waals surface area contributed by atoms with Crippen molar-refractivity contribution < 1.29 is 0 Å². The molecule has 1 fully saturated rings. The van der Waals surface area contributed by atoms with Gasteiger partial charge in [-0.2, -0.15) is 0 Å². The van der Waals surface area contributed by atoms with E-state index in [0.29, 0.717) is 6.04 Å². The number of hydrogen-bond donors (Lipinski definition) is 1. The van der Waals surface area contributed by atoms with Crippen LogP contribution in [0.2, 0.25) is 0 Å². The summed E-state index contributed by atoms with van der Waals surface area (Å²) in [6, 6.07) is 6.70. The smallest absolute Gasteiger partial charge is 0.0325 e. The molecule has 0 saturated heterocycles. The molecule has 0 aromatic heterocycles. The first-order valence-electron chi connectivity index (χ1n) is 6.34. The maximum absolute atomic E-state index is 5.77. The van der Waals surface area contributed by atoms with Gasteiger partial charge in [-0.1, -0.05) is 22.0 Å². The van der Waals surface area contributed by atoms with Crippen LogP contribution in [0, 0.1) is 5.92 Å². The number of nitrogens with zero attached hydrogens (tertiary/aromatic N) is 1. The quantitative estimate of drug-likeness (QED) is 0.841. The summed E-state index contributed by atoms with van der Waals surface area (Å²) in [5.41, 5.74) is 7.91. The Bertz CT molecular complexity index is 386. The number of hydrogen-bond acceptors (Lipinski definition) is 2. The van der Waals surface area contributed by atoms with Gasteiger partial charge in [-0.15, -0.1) is 0 Å². The van der Waals surface area contributed by atoms with Gasteiger partial charge in [-0.05, 0) is 50.3 Å². The Labute approximate surface area is 112 Å². The summed E-state index contributed by atoms with van der Waals surface area (Å²) in [5.74, 6) is 0.935. The fraction of sp³-hybridized carbons (Fsp3) is 0.571. The molecule has 2 N–H and O–H groups in total.